The van der Waals surface area contributed by atoms with Gasteiger partial charge < -0.3 is 14.2 Å². The Morgan fingerprint density at radius 1 is 1.24 bits per heavy atom. The van der Waals surface area contributed by atoms with E-state index in [2.05, 4.69) is 60.3 Å². The quantitative estimate of drug-likeness (QED) is 0.387. The Labute approximate surface area is 178 Å². The highest BCUT2D eigenvalue weighted by Crippen LogP contribution is 2.45. The Balaban J connectivity index is 1.91. The first-order valence-corrected chi connectivity index (χ1v) is 11.6. The number of carbonyl (C=O) groups excluding carboxylic acids is 1. The predicted molar refractivity (Wildman–Crippen MR) is 117 cm³/mol. The summed E-state index contributed by atoms with van der Waals surface area (Å²) in [5.74, 6) is 0.260. The zero-order valence-electron chi connectivity index (χ0n) is 20.2. The molecule has 0 bridgehead atoms. The van der Waals surface area contributed by atoms with Crippen LogP contribution in [-0.2, 0) is 19.0 Å². The monoisotopic (exact) mass is 411 g/mol. The minimum Gasteiger partial charge on any atom is -0.462 e. The molecule has 0 aromatic heterocycles. The molecule has 170 valence electrons. The molecule has 0 radical (unpaired) electrons. The van der Waals surface area contributed by atoms with Gasteiger partial charge in [0.1, 0.15) is 11.8 Å². The summed E-state index contributed by atoms with van der Waals surface area (Å²) in [6, 6.07) is 0. The van der Waals surface area contributed by atoms with Crippen molar-refractivity contribution in [3.8, 4) is 0 Å². The van der Waals surface area contributed by atoms with Crippen LogP contribution in [0.4, 0.5) is 0 Å². The van der Waals surface area contributed by atoms with Gasteiger partial charge in [-0.05, 0) is 44.9 Å². The topological polar surface area (TPSA) is 48.0 Å². The number of hydrogen-bond acceptors (Lipinski definition) is 5. The van der Waals surface area contributed by atoms with Crippen LogP contribution < -0.4 is 0 Å². The molecule has 29 heavy (non-hydrogen) atoms. The highest BCUT2D eigenvalue weighted by Gasteiger charge is 2.55. The van der Waals surface area contributed by atoms with Crippen LogP contribution in [0, 0.1) is 11.3 Å². The van der Waals surface area contributed by atoms with E-state index in [0.29, 0.717) is 18.9 Å². The van der Waals surface area contributed by atoms with Crippen molar-refractivity contribution in [1.29, 1.82) is 0 Å². The first-order chi connectivity index (χ1) is 13.3. The van der Waals surface area contributed by atoms with Crippen molar-refractivity contribution >= 4 is 5.97 Å². The highest BCUT2D eigenvalue weighted by molar-refractivity contribution is 5.69. The van der Waals surface area contributed by atoms with E-state index in [0.717, 1.165) is 45.3 Å². The second-order valence-electron chi connectivity index (χ2n) is 11.4. The fourth-order valence-electron chi connectivity index (χ4n) is 5.33. The SMILES string of the molecule is CCCCOCC1CN2C(C)(C)CC(OC(=O)CC(C)CC(C)(C)C)CC2(C)O1. The molecule has 2 aliphatic heterocycles. The lowest BCUT2D eigenvalue weighted by Crippen LogP contribution is -2.61. The van der Waals surface area contributed by atoms with Gasteiger partial charge in [-0.15, -0.1) is 0 Å². The largest absolute Gasteiger partial charge is 0.462 e. The number of fused-ring (bicyclic) bond motifs is 1. The summed E-state index contributed by atoms with van der Waals surface area (Å²) in [7, 11) is 0. The lowest BCUT2D eigenvalue weighted by Gasteiger charge is -2.51. The number of nitrogens with zero attached hydrogens (tertiary/aromatic N) is 1. The molecule has 0 aromatic carbocycles. The summed E-state index contributed by atoms with van der Waals surface area (Å²) < 4.78 is 18.2. The number of ether oxygens (including phenoxy) is 3. The summed E-state index contributed by atoms with van der Waals surface area (Å²) in [6.07, 6.45) is 5.29. The van der Waals surface area contributed by atoms with Gasteiger partial charge in [-0.25, -0.2) is 0 Å². The minimum absolute atomic E-state index is 0.0722. The van der Waals surface area contributed by atoms with E-state index in [4.69, 9.17) is 14.2 Å². The van der Waals surface area contributed by atoms with E-state index in [9.17, 15) is 4.79 Å². The fourth-order valence-corrected chi connectivity index (χ4v) is 5.33. The van der Waals surface area contributed by atoms with Crippen molar-refractivity contribution in [2.24, 2.45) is 11.3 Å². The van der Waals surface area contributed by atoms with Crippen LogP contribution >= 0.6 is 0 Å². The Bertz CT molecular complexity index is 541. The smallest absolute Gasteiger partial charge is 0.306 e. The number of unbranched alkanes of at least 4 members (excludes halogenated alkanes) is 1. The normalized spacial score (nSPS) is 30.8. The van der Waals surface area contributed by atoms with E-state index in [1.54, 1.807) is 0 Å². The molecule has 2 aliphatic rings. The highest BCUT2D eigenvalue weighted by atomic mass is 16.6. The van der Waals surface area contributed by atoms with Gasteiger partial charge in [-0.1, -0.05) is 41.0 Å². The molecule has 2 heterocycles. The molecule has 0 saturated carbocycles. The zero-order chi connectivity index (χ0) is 21.9. The van der Waals surface area contributed by atoms with Crippen molar-refractivity contribution in [2.45, 2.75) is 117 Å². The minimum atomic E-state index is -0.400. The van der Waals surface area contributed by atoms with Crippen LogP contribution in [0.3, 0.4) is 0 Å². The number of esters is 1. The van der Waals surface area contributed by atoms with Crippen LogP contribution in [-0.4, -0.2) is 54.1 Å². The van der Waals surface area contributed by atoms with Gasteiger partial charge in [0, 0.05) is 38.0 Å². The van der Waals surface area contributed by atoms with E-state index in [-0.39, 0.29) is 29.1 Å². The molecule has 0 spiro atoms. The molecule has 0 aliphatic carbocycles. The Hall–Kier alpha value is -0.650. The molecule has 0 aromatic rings. The molecular formula is C24H45NO4. The van der Waals surface area contributed by atoms with Gasteiger partial charge in [0.25, 0.3) is 0 Å². The molecule has 2 rings (SSSR count). The Morgan fingerprint density at radius 3 is 2.55 bits per heavy atom. The van der Waals surface area contributed by atoms with Gasteiger partial charge in [-0.2, -0.15) is 0 Å². The van der Waals surface area contributed by atoms with Crippen LogP contribution in [0.2, 0.25) is 0 Å². The first-order valence-electron chi connectivity index (χ1n) is 11.6. The third kappa shape index (κ3) is 7.22. The number of piperidine rings is 1. The average molecular weight is 412 g/mol. The standard InChI is InChI=1S/C24H45NO4/c1-9-10-11-27-17-20-16-25-23(6,7)14-19(15-24(25,8)29-20)28-21(26)12-18(2)13-22(3,4)5/h18-20H,9-17H2,1-8H3. The maximum atomic E-state index is 12.6. The van der Waals surface area contributed by atoms with Crippen molar-refractivity contribution in [3.63, 3.8) is 0 Å². The molecule has 4 unspecified atom stereocenters. The molecule has 4 atom stereocenters. The maximum Gasteiger partial charge on any atom is 0.306 e. The average Bonchev–Trinajstić information content (AvgIpc) is 2.86. The van der Waals surface area contributed by atoms with E-state index in [1.807, 2.05) is 0 Å². The van der Waals surface area contributed by atoms with Crippen LogP contribution in [0.15, 0.2) is 0 Å². The Morgan fingerprint density at radius 2 is 1.93 bits per heavy atom. The van der Waals surface area contributed by atoms with Crippen LogP contribution in [0.1, 0.15) is 93.9 Å². The number of hydrogen-bond donors (Lipinski definition) is 0. The molecule has 2 fully saturated rings. The van der Waals surface area contributed by atoms with Crippen LogP contribution in [0.5, 0.6) is 0 Å². The molecule has 0 amide bonds. The third-order valence-electron chi connectivity index (χ3n) is 6.16. The predicted octanol–water partition coefficient (Wildman–Crippen LogP) is 5.17. The summed E-state index contributed by atoms with van der Waals surface area (Å²) in [5, 5.41) is 0. The lowest BCUT2D eigenvalue weighted by atomic mass is 9.83. The van der Waals surface area contributed by atoms with Gasteiger partial charge in [-0.3, -0.25) is 9.69 Å². The first kappa shape index (κ1) is 24.6. The number of rotatable bonds is 9. The number of carbonyl (C=O) groups is 1. The summed E-state index contributed by atoms with van der Waals surface area (Å²) in [5.41, 5.74) is -0.248. The van der Waals surface area contributed by atoms with E-state index in [1.165, 1.54) is 0 Å². The summed E-state index contributed by atoms with van der Waals surface area (Å²) >= 11 is 0. The van der Waals surface area contributed by atoms with Crippen molar-refractivity contribution in [2.75, 3.05) is 19.8 Å². The molecule has 0 N–H and O–H groups in total. The van der Waals surface area contributed by atoms with Crippen molar-refractivity contribution in [3.05, 3.63) is 0 Å². The van der Waals surface area contributed by atoms with Gasteiger partial charge >= 0.3 is 5.97 Å². The molecule has 5 heteroatoms. The molecular weight excluding hydrogens is 366 g/mol. The fraction of sp³-hybridized carbons (Fsp3) is 0.958. The maximum absolute atomic E-state index is 12.6. The Kier molecular flexibility index (Phi) is 8.20. The van der Waals surface area contributed by atoms with Gasteiger partial charge in [0.2, 0.25) is 0 Å². The summed E-state index contributed by atoms with van der Waals surface area (Å²) in [6.45, 7) is 19.9. The van der Waals surface area contributed by atoms with Crippen molar-refractivity contribution < 1.29 is 19.0 Å². The van der Waals surface area contributed by atoms with Crippen molar-refractivity contribution in [1.82, 2.24) is 4.90 Å². The van der Waals surface area contributed by atoms with E-state index < -0.39 is 5.72 Å². The van der Waals surface area contributed by atoms with Crippen LogP contribution in [0.25, 0.3) is 0 Å². The summed E-state index contributed by atoms with van der Waals surface area (Å²) in [4.78, 5) is 15.0. The molecule has 2 saturated heterocycles. The van der Waals surface area contributed by atoms with Gasteiger partial charge in [0.05, 0.1) is 12.7 Å². The molecule has 5 nitrogen and oxygen atoms in total. The van der Waals surface area contributed by atoms with Gasteiger partial charge in [0.15, 0.2) is 0 Å². The van der Waals surface area contributed by atoms with E-state index >= 15 is 0 Å². The third-order valence-corrected chi connectivity index (χ3v) is 6.16. The lowest BCUT2D eigenvalue weighted by molar-refractivity contribution is -0.193. The second kappa shape index (κ2) is 9.65. The second-order valence-corrected chi connectivity index (χ2v) is 11.4. The zero-order valence-corrected chi connectivity index (χ0v) is 20.2.